The zero-order valence-corrected chi connectivity index (χ0v) is 10.4. The molecule has 0 saturated carbocycles. The van der Waals surface area contributed by atoms with Crippen LogP contribution in [0.3, 0.4) is 0 Å². The first-order valence-electron chi connectivity index (χ1n) is 6.36. The molecule has 1 saturated heterocycles. The van der Waals surface area contributed by atoms with E-state index in [1.165, 1.54) is 12.4 Å². The third kappa shape index (κ3) is 2.52. The molecule has 3 rings (SSSR count). The van der Waals surface area contributed by atoms with Gasteiger partial charge >= 0.3 is 0 Å². The average Bonchev–Trinajstić information content (AvgIpc) is 2.49. The van der Waals surface area contributed by atoms with E-state index in [2.05, 4.69) is 24.8 Å². The van der Waals surface area contributed by atoms with Crippen LogP contribution in [0, 0.1) is 5.82 Å². The van der Waals surface area contributed by atoms with Gasteiger partial charge in [0.2, 0.25) is 5.95 Å². The highest BCUT2D eigenvalue weighted by molar-refractivity contribution is 5.33. The first-order valence-corrected chi connectivity index (χ1v) is 6.36. The fourth-order valence-corrected chi connectivity index (χ4v) is 2.38. The van der Waals surface area contributed by atoms with E-state index >= 15 is 0 Å². The smallest absolute Gasteiger partial charge is 0.226 e. The summed E-state index contributed by atoms with van der Waals surface area (Å²) in [5.74, 6) is 0.891. The van der Waals surface area contributed by atoms with E-state index in [4.69, 9.17) is 0 Å². The Bertz CT molecular complexity index is 530. The molecule has 98 valence electrons. The third-order valence-electron chi connectivity index (χ3n) is 3.25. The maximum absolute atomic E-state index is 12.9. The zero-order valence-electron chi connectivity index (χ0n) is 10.4. The quantitative estimate of drug-likeness (QED) is 0.827. The molecule has 1 aliphatic heterocycles. The van der Waals surface area contributed by atoms with Gasteiger partial charge in [0.25, 0.3) is 0 Å². The minimum Gasteiger partial charge on any atom is -0.331 e. The van der Waals surface area contributed by atoms with Gasteiger partial charge in [-0.15, -0.1) is 0 Å². The number of hydrogen-bond acceptors (Lipinski definition) is 5. The number of rotatable bonds is 2. The molecule has 6 heteroatoms. The Morgan fingerprint density at radius 2 is 1.79 bits per heavy atom. The molecule has 1 unspecified atom stereocenters. The van der Waals surface area contributed by atoms with E-state index in [0.717, 1.165) is 31.6 Å². The fourth-order valence-electron chi connectivity index (χ4n) is 2.38. The van der Waals surface area contributed by atoms with Crippen molar-refractivity contribution in [2.24, 2.45) is 0 Å². The minimum atomic E-state index is -0.423. The number of anilines is 1. The topological polar surface area (TPSA) is 54.8 Å². The number of piperidine rings is 1. The number of nitrogens with zero attached hydrogens (tertiary/aromatic N) is 5. The molecule has 1 atom stereocenters. The molecule has 3 heterocycles. The van der Waals surface area contributed by atoms with Gasteiger partial charge in [0, 0.05) is 18.9 Å². The second-order valence-corrected chi connectivity index (χ2v) is 4.51. The van der Waals surface area contributed by atoms with Crippen LogP contribution >= 0.6 is 0 Å². The van der Waals surface area contributed by atoms with Gasteiger partial charge in [0.15, 0.2) is 11.6 Å². The van der Waals surface area contributed by atoms with Crippen molar-refractivity contribution in [1.29, 1.82) is 0 Å². The Hall–Kier alpha value is -2.11. The van der Waals surface area contributed by atoms with E-state index in [9.17, 15) is 4.39 Å². The fraction of sp³-hybridized carbons (Fsp3) is 0.385. The molecule has 5 nitrogen and oxygen atoms in total. The molecule has 0 aliphatic carbocycles. The van der Waals surface area contributed by atoms with Gasteiger partial charge in [0.1, 0.15) is 0 Å². The Kier molecular flexibility index (Phi) is 3.31. The predicted molar refractivity (Wildman–Crippen MR) is 68.0 cm³/mol. The van der Waals surface area contributed by atoms with Crippen molar-refractivity contribution in [2.75, 3.05) is 11.4 Å². The van der Waals surface area contributed by atoms with Crippen LogP contribution in [0.15, 0.2) is 30.9 Å². The molecule has 0 spiro atoms. The van der Waals surface area contributed by atoms with Gasteiger partial charge in [-0.05, 0) is 25.3 Å². The molecule has 0 bridgehead atoms. The number of aromatic nitrogens is 4. The van der Waals surface area contributed by atoms with Crippen LogP contribution in [0.2, 0.25) is 0 Å². The van der Waals surface area contributed by atoms with Crippen LogP contribution in [0.4, 0.5) is 10.3 Å². The largest absolute Gasteiger partial charge is 0.331 e. The summed E-state index contributed by atoms with van der Waals surface area (Å²) in [4.78, 5) is 18.8. The van der Waals surface area contributed by atoms with Crippen LogP contribution in [-0.4, -0.2) is 26.5 Å². The van der Waals surface area contributed by atoms with Gasteiger partial charge in [-0.25, -0.2) is 24.3 Å². The molecule has 0 aromatic carbocycles. The molecule has 2 aromatic heterocycles. The summed E-state index contributed by atoms with van der Waals surface area (Å²) >= 11 is 0. The first-order chi connectivity index (χ1) is 9.34. The highest BCUT2D eigenvalue weighted by atomic mass is 19.1. The van der Waals surface area contributed by atoms with Gasteiger partial charge in [-0.2, -0.15) is 0 Å². The summed E-state index contributed by atoms with van der Waals surface area (Å²) < 4.78 is 12.9. The van der Waals surface area contributed by atoms with Crippen molar-refractivity contribution in [3.8, 4) is 0 Å². The highest BCUT2D eigenvalue weighted by Gasteiger charge is 2.27. The van der Waals surface area contributed by atoms with Crippen molar-refractivity contribution >= 4 is 5.95 Å². The Balaban J connectivity index is 1.91. The molecule has 1 fully saturated rings. The Labute approximate surface area is 110 Å². The molecule has 0 N–H and O–H groups in total. The van der Waals surface area contributed by atoms with Gasteiger partial charge in [0.05, 0.1) is 18.4 Å². The maximum atomic E-state index is 12.9. The van der Waals surface area contributed by atoms with Gasteiger partial charge in [-0.3, -0.25) is 0 Å². The first kappa shape index (κ1) is 12.0. The summed E-state index contributed by atoms with van der Waals surface area (Å²) in [5.41, 5.74) is 0. The Morgan fingerprint density at radius 1 is 1.05 bits per heavy atom. The monoisotopic (exact) mass is 259 g/mol. The third-order valence-corrected chi connectivity index (χ3v) is 3.25. The van der Waals surface area contributed by atoms with Crippen molar-refractivity contribution in [2.45, 2.75) is 25.3 Å². The van der Waals surface area contributed by atoms with Crippen LogP contribution in [0.5, 0.6) is 0 Å². The summed E-state index contributed by atoms with van der Waals surface area (Å²) in [7, 11) is 0. The lowest BCUT2D eigenvalue weighted by molar-refractivity contribution is 0.448. The maximum Gasteiger partial charge on any atom is 0.226 e. The lowest BCUT2D eigenvalue weighted by atomic mass is 10.0. The summed E-state index contributed by atoms with van der Waals surface area (Å²) in [6.45, 7) is 0.842. The normalized spacial score (nSPS) is 19.4. The van der Waals surface area contributed by atoms with Crippen molar-refractivity contribution < 1.29 is 4.39 Å². The molecule has 19 heavy (non-hydrogen) atoms. The van der Waals surface area contributed by atoms with E-state index < -0.39 is 5.82 Å². The molecular formula is C13H14FN5. The van der Waals surface area contributed by atoms with E-state index in [1.807, 2.05) is 0 Å². The summed E-state index contributed by atoms with van der Waals surface area (Å²) in [6, 6.07) is 1.87. The standard InChI is InChI=1S/C13H14FN5/c14-10-8-17-13(18-9-10)19-7-2-1-4-11(19)12-15-5-3-6-16-12/h3,5-6,8-9,11H,1-2,4,7H2. The summed E-state index contributed by atoms with van der Waals surface area (Å²) in [6.07, 6.45) is 9.02. The van der Waals surface area contributed by atoms with Crippen LogP contribution in [-0.2, 0) is 0 Å². The van der Waals surface area contributed by atoms with Crippen LogP contribution in [0.25, 0.3) is 0 Å². The van der Waals surface area contributed by atoms with Gasteiger partial charge in [-0.1, -0.05) is 0 Å². The SMILES string of the molecule is Fc1cnc(N2CCCCC2c2ncccn2)nc1. The molecule has 1 aliphatic rings. The number of halogens is 1. The second-order valence-electron chi connectivity index (χ2n) is 4.51. The lowest BCUT2D eigenvalue weighted by Crippen LogP contribution is -2.35. The van der Waals surface area contributed by atoms with Crippen molar-refractivity contribution in [3.63, 3.8) is 0 Å². The lowest BCUT2D eigenvalue weighted by Gasteiger charge is -2.34. The van der Waals surface area contributed by atoms with Crippen molar-refractivity contribution in [3.05, 3.63) is 42.5 Å². The summed E-state index contributed by atoms with van der Waals surface area (Å²) in [5, 5.41) is 0. The zero-order chi connectivity index (χ0) is 13.1. The number of hydrogen-bond donors (Lipinski definition) is 0. The van der Waals surface area contributed by atoms with E-state index in [0.29, 0.717) is 5.95 Å². The molecule has 0 amide bonds. The van der Waals surface area contributed by atoms with E-state index in [1.54, 1.807) is 18.5 Å². The molecular weight excluding hydrogens is 245 g/mol. The van der Waals surface area contributed by atoms with Crippen molar-refractivity contribution in [1.82, 2.24) is 19.9 Å². The van der Waals surface area contributed by atoms with Crippen LogP contribution in [0.1, 0.15) is 31.1 Å². The minimum absolute atomic E-state index is 0.0698. The molecule has 2 aromatic rings. The predicted octanol–water partition coefficient (Wildman–Crippen LogP) is 2.14. The highest BCUT2D eigenvalue weighted by Crippen LogP contribution is 2.30. The second kappa shape index (κ2) is 5.26. The van der Waals surface area contributed by atoms with Gasteiger partial charge < -0.3 is 4.90 Å². The Morgan fingerprint density at radius 3 is 2.53 bits per heavy atom. The average molecular weight is 259 g/mol. The van der Waals surface area contributed by atoms with E-state index in [-0.39, 0.29) is 6.04 Å². The van der Waals surface area contributed by atoms with Crippen LogP contribution < -0.4 is 4.90 Å². The molecule has 0 radical (unpaired) electrons.